The molecule has 146 valence electrons. The Morgan fingerprint density at radius 2 is 1.90 bits per heavy atom. The Bertz CT molecular complexity index is 1270. The third-order valence-electron chi connectivity index (χ3n) is 4.43. The molecule has 0 aliphatic heterocycles. The molecule has 0 fully saturated rings. The highest BCUT2D eigenvalue weighted by atomic mass is 16.5. The van der Waals surface area contributed by atoms with Gasteiger partial charge in [-0.3, -0.25) is 14.9 Å². The number of anilines is 4. The Balaban J connectivity index is 1.48. The number of methoxy groups -OCH3 is 1. The number of rotatable bonds is 6. The van der Waals surface area contributed by atoms with Crippen molar-refractivity contribution in [1.82, 2.24) is 9.97 Å². The minimum Gasteiger partial charge on any atom is -0.453 e. The number of hydrogen-bond acceptors (Lipinski definition) is 7. The van der Waals surface area contributed by atoms with Crippen molar-refractivity contribution in [3.05, 3.63) is 74.8 Å². The largest absolute Gasteiger partial charge is 0.453 e. The lowest BCUT2D eigenvalue weighted by molar-refractivity contribution is 0.187. The molecule has 0 bridgehead atoms. The van der Waals surface area contributed by atoms with E-state index < -0.39 is 17.0 Å². The van der Waals surface area contributed by atoms with Crippen molar-refractivity contribution in [3.63, 3.8) is 0 Å². The zero-order chi connectivity index (χ0) is 20.4. The molecule has 0 aliphatic rings. The van der Waals surface area contributed by atoms with E-state index in [4.69, 9.17) is 0 Å². The van der Waals surface area contributed by atoms with E-state index in [1.165, 1.54) is 7.11 Å². The highest BCUT2D eigenvalue weighted by molar-refractivity contribution is 5.85. The number of carbonyl (C=O) groups is 1. The predicted octanol–water partition coefficient (Wildman–Crippen LogP) is 2.69. The topological polar surface area (TPSA) is 125 Å². The molecule has 1 amide bonds. The molecule has 1 heterocycles. The second-order valence-electron chi connectivity index (χ2n) is 6.34. The Labute approximate surface area is 164 Å². The number of nitrogens with zero attached hydrogens (tertiary/aromatic N) is 1. The van der Waals surface area contributed by atoms with Crippen molar-refractivity contribution in [3.8, 4) is 0 Å². The van der Waals surface area contributed by atoms with Gasteiger partial charge >= 0.3 is 6.09 Å². The maximum atomic E-state index is 12.0. The minimum absolute atomic E-state index is 0.220. The van der Waals surface area contributed by atoms with E-state index >= 15 is 0 Å². The number of fused-ring (bicyclic) bond motifs is 1. The van der Waals surface area contributed by atoms with Crippen LogP contribution in [-0.2, 0) is 11.3 Å². The van der Waals surface area contributed by atoms with Gasteiger partial charge in [0.1, 0.15) is 11.4 Å². The highest BCUT2D eigenvalue weighted by Crippen LogP contribution is 2.24. The fourth-order valence-electron chi connectivity index (χ4n) is 2.96. The highest BCUT2D eigenvalue weighted by Gasteiger charge is 2.21. The molecule has 4 aromatic rings. The van der Waals surface area contributed by atoms with Gasteiger partial charge in [-0.25, -0.2) is 9.78 Å². The second kappa shape index (κ2) is 7.47. The van der Waals surface area contributed by atoms with Gasteiger partial charge in [-0.15, -0.1) is 0 Å². The number of ether oxygens (including phenoxy) is 1. The van der Waals surface area contributed by atoms with Gasteiger partial charge in [-0.1, -0.05) is 12.1 Å². The summed E-state index contributed by atoms with van der Waals surface area (Å²) in [4.78, 5) is 42.5. The van der Waals surface area contributed by atoms with Crippen LogP contribution in [0.5, 0.6) is 0 Å². The van der Waals surface area contributed by atoms with Crippen LogP contribution in [0.2, 0.25) is 0 Å². The normalized spacial score (nSPS) is 10.8. The Morgan fingerprint density at radius 3 is 2.72 bits per heavy atom. The fourth-order valence-corrected chi connectivity index (χ4v) is 2.96. The number of carbonyl (C=O) groups excluding carboxylic acids is 1. The summed E-state index contributed by atoms with van der Waals surface area (Å²) in [7, 11) is 1.28. The second-order valence-corrected chi connectivity index (χ2v) is 6.34. The summed E-state index contributed by atoms with van der Waals surface area (Å²) in [6, 6.07) is 12.5. The van der Waals surface area contributed by atoms with E-state index in [0.29, 0.717) is 17.9 Å². The van der Waals surface area contributed by atoms with Crippen molar-refractivity contribution in [2.24, 2.45) is 0 Å². The number of H-pyrrole nitrogens is 1. The van der Waals surface area contributed by atoms with Crippen LogP contribution < -0.4 is 26.8 Å². The first-order valence-electron chi connectivity index (χ1n) is 8.76. The average Bonchev–Trinajstić information content (AvgIpc) is 3.20. The number of aromatic nitrogens is 2. The molecule has 9 nitrogen and oxygen atoms in total. The van der Waals surface area contributed by atoms with Crippen molar-refractivity contribution >= 4 is 39.9 Å². The van der Waals surface area contributed by atoms with Crippen molar-refractivity contribution in [2.45, 2.75) is 6.54 Å². The van der Waals surface area contributed by atoms with Gasteiger partial charge in [-0.2, -0.15) is 0 Å². The van der Waals surface area contributed by atoms with Crippen LogP contribution in [0.1, 0.15) is 5.56 Å². The lowest BCUT2D eigenvalue weighted by Crippen LogP contribution is -2.36. The minimum atomic E-state index is -0.571. The summed E-state index contributed by atoms with van der Waals surface area (Å²) in [6.45, 7) is 0.301. The summed E-state index contributed by atoms with van der Waals surface area (Å²) < 4.78 is 4.57. The quantitative estimate of drug-likeness (QED) is 0.372. The lowest BCUT2D eigenvalue weighted by Gasteiger charge is -2.15. The van der Waals surface area contributed by atoms with Crippen molar-refractivity contribution in [1.29, 1.82) is 0 Å². The van der Waals surface area contributed by atoms with Gasteiger partial charge in [0.25, 0.3) is 10.9 Å². The van der Waals surface area contributed by atoms with Gasteiger partial charge in [-0.05, 0) is 35.9 Å². The predicted molar refractivity (Wildman–Crippen MR) is 111 cm³/mol. The molecule has 9 heteroatoms. The Kier molecular flexibility index (Phi) is 4.70. The molecule has 1 aromatic heterocycles. The van der Waals surface area contributed by atoms with Crippen molar-refractivity contribution < 1.29 is 9.53 Å². The van der Waals surface area contributed by atoms with Gasteiger partial charge in [0.05, 0.1) is 24.5 Å². The third kappa shape index (κ3) is 3.65. The molecule has 0 spiro atoms. The van der Waals surface area contributed by atoms with Crippen LogP contribution in [0, 0.1) is 0 Å². The number of nitrogens with one attached hydrogen (secondary N) is 4. The molecule has 4 N–H and O–H groups in total. The first-order valence-corrected chi connectivity index (χ1v) is 8.76. The number of imidazole rings is 1. The van der Waals surface area contributed by atoms with Crippen LogP contribution in [0.4, 0.5) is 27.5 Å². The van der Waals surface area contributed by atoms with E-state index in [9.17, 15) is 14.4 Å². The molecular formula is C20H17N5O4. The molecule has 3 aromatic carbocycles. The summed E-state index contributed by atoms with van der Waals surface area (Å²) in [5.41, 5.74) is 2.98. The fraction of sp³-hybridized carbons (Fsp3) is 0.100. The monoisotopic (exact) mass is 391 g/mol. The van der Waals surface area contributed by atoms with E-state index in [-0.39, 0.29) is 11.4 Å². The van der Waals surface area contributed by atoms with Gasteiger partial charge in [0, 0.05) is 17.9 Å². The Hall–Kier alpha value is -4.14. The molecule has 0 atom stereocenters. The van der Waals surface area contributed by atoms with Crippen LogP contribution >= 0.6 is 0 Å². The zero-order valence-corrected chi connectivity index (χ0v) is 15.4. The maximum Gasteiger partial charge on any atom is 0.411 e. The van der Waals surface area contributed by atoms with Gasteiger partial charge in [0.15, 0.2) is 0 Å². The first kappa shape index (κ1) is 18.2. The molecule has 4 rings (SSSR count). The molecule has 0 saturated heterocycles. The number of benzene rings is 2. The molecule has 0 saturated carbocycles. The van der Waals surface area contributed by atoms with Crippen LogP contribution in [0.25, 0.3) is 11.0 Å². The van der Waals surface area contributed by atoms with Crippen molar-refractivity contribution in [2.75, 3.05) is 23.1 Å². The smallest absolute Gasteiger partial charge is 0.411 e. The van der Waals surface area contributed by atoms with E-state index in [1.807, 2.05) is 18.2 Å². The lowest BCUT2D eigenvalue weighted by atomic mass is 10.1. The summed E-state index contributed by atoms with van der Waals surface area (Å²) in [5, 5.41) is 8.57. The van der Waals surface area contributed by atoms with Gasteiger partial charge < -0.3 is 20.4 Å². The molecule has 0 aliphatic carbocycles. The van der Waals surface area contributed by atoms with E-state index in [0.717, 1.165) is 16.6 Å². The molecule has 29 heavy (non-hydrogen) atoms. The third-order valence-corrected chi connectivity index (χ3v) is 4.43. The number of hydrogen-bond donors (Lipinski definition) is 4. The zero-order valence-electron chi connectivity index (χ0n) is 15.4. The standard InChI is InChI=1S/C20H17N5O4/c1-29-20(28)25-12-4-2-3-11(7-12)9-21-16-17(19(27)18(16)26)24-13-5-6-14-15(8-13)23-10-22-14/h2-8,10,21,24H,9H2,1H3,(H,22,23)(H,25,28). The first-order chi connectivity index (χ1) is 14.0. The van der Waals surface area contributed by atoms with Gasteiger partial charge in [0.2, 0.25) is 0 Å². The number of amides is 1. The number of aromatic amines is 1. The SMILES string of the molecule is COC(=O)Nc1cccc(CNc2c(Nc3ccc4nc[nH]c4c3)c(=O)c2=O)c1. The maximum absolute atomic E-state index is 12.0. The molecule has 0 radical (unpaired) electrons. The molecule has 0 unspecified atom stereocenters. The summed E-state index contributed by atoms with van der Waals surface area (Å²) >= 11 is 0. The van der Waals surface area contributed by atoms with Crippen LogP contribution in [0.15, 0.2) is 58.4 Å². The van der Waals surface area contributed by atoms with Crippen LogP contribution in [0.3, 0.4) is 0 Å². The Morgan fingerprint density at radius 1 is 1.07 bits per heavy atom. The molecular weight excluding hydrogens is 374 g/mol. The van der Waals surface area contributed by atoms with E-state index in [1.54, 1.807) is 30.6 Å². The van der Waals surface area contributed by atoms with Crippen LogP contribution in [-0.4, -0.2) is 23.2 Å². The average molecular weight is 391 g/mol. The summed E-state index contributed by atoms with van der Waals surface area (Å²) in [5.74, 6) is 0. The summed E-state index contributed by atoms with van der Waals surface area (Å²) in [6.07, 6.45) is 1.01. The van der Waals surface area contributed by atoms with E-state index in [2.05, 4.69) is 30.7 Å².